The van der Waals surface area contributed by atoms with Crippen LogP contribution in [0.5, 0.6) is 0 Å². The van der Waals surface area contributed by atoms with Crippen molar-refractivity contribution in [1.29, 1.82) is 0 Å². The highest BCUT2D eigenvalue weighted by Crippen LogP contribution is 2.52. The molecule has 2 aromatic heterocycles. The highest BCUT2D eigenvalue weighted by atomic mass is 14.8. The molecule has 3 nitrogen and oxygen atoms in total. The van der Waals surface area contributed by atoms with Gasteiger partial charge in [-0.15, -0.1) is 0 Å². The van der Waals surface area contributed by atoms with Gasteiger partial charge in [-0.05, 0) is 108 Å². The molecule has 0 radical (unpaired) electrons. The molecule has 0 spiro atoms. The topological polar surface area (TPSA) is 38.7 Å². The molecule has 268 valence electrons. The quantitative estimate of drug-likeness (QED) is 0.166. The van der Waals surface area contributed by atoms with Gasteiger partial charge in [-0.3, -0.25) is 4.98 Å². The molecule has 2 heterocycles. The third-order valence-electron chi connectivity index (χ3n) is 12.0. The van der Waals surface area contributed by atoms with E-state index < -0.39 is 0 Å². The van der Waals surface area contributed by atoms with Crippen molar-refractivity contribution in [2.45, 2.75) is 19.3 Å². The van der Waals surface area contributed by atoms with E-state index in [9.17, 15) is 0 Å². The summed E-state index contributed by atoms with van der Waals surface area (Å²) in [5.41, 5.74) is 18.1. The van der Waals surface area contributed by atoms with E-state index in [4.69, 9.17) is 9.97 Å². The molecule has 0 bridgehead atoms. The van der Waals surface area contributed by atoms with Crippen LogP contribution >= 0.6 is 0 Å². The van der Waals surface area contributed by atoms with Crippen LogP contribution in [0.1, 0.15) is 25.0 Å². The van der Waals surface area contributed by atoms with Gasteiger partial charge in [0.15, 0.2) is 0 Å². The Morgan fingerprint density at radius 2 is 0.807 bits per heavy atom. The summed E-state index contributed by atoms with van der Waals surface area (Å²) in [6.07, 6.45) is 3.78. The lowest BCUT2D eigenvalue weighted by atomic mass is 9.80. The Kier molecular flexibility index (Phi) is 7.52. The predicted octanol–water partition coefficient (Wildman–Crippen LogP) is 14.0. The van der Waals surface area contributed by atoms with Gasteiger partial charge in [-0.1, -0.05) is 159 Å². The zero-order chi connectivity index (χ0) is 38.1. The molecule has 57 heavy (non-hydrogen) atoms. The van der Waals surface area contributed by atoms with Crippen LogP contribution in [0.15, 0.2) is 188 Å². The molecule has 0 amide bonds. The van der Waals surface area contributed by atoms with Gasteiger partial charge in [0.05, 0.1) is 22.4 Å². The Labute approximate surface area is 332 Å². The SMILES string of the molecule is CC1(C)c2cc(-c3cccnc3)ccc2-c2ccc(-c3c4ccccc4c(-c4ccc(-c5nc6ccccc6nc5-c5ccccc5)cc4)c4ccccc34)cc21. The van der Waals surface area contributed by atoms with Crippen molar-refractivity contribution in [3.8, 4) is 67.0 Å². The summed E-state index contributed by atoms with van der Waals surface area (Å²) in [5, 5.41) is 4.96. The molecule has 0 unspecified atom stereocenters. The number of fused-ring (bicyclic) bond motifs is 6. The van der Waals surface area contributed by atoms with Crippen LogP contribution < -0.4 is 0 Å². The predicted molar refractivity (Wildman–Crippen MR) is 237 cm³/mol. The summed E-state index contributed by atoms with van der Waals surface area (Å²) in [6.45, 7) is 4.73. The van der Waals surface area contributed by atoms with Gasteiger partial charge in [0, 0.05) is 28.9 Å². The Bertz CT molecular complexity index is 3130. The lowest BCUT2D eigenvalue weighted by Crippen LogP contribution is -2.15. The lowest BCUT2D eigenvalue weighted by molar-refractivity contribution is 0.661. The fourth-order valence-corrected chi connectivity index (χ4v) is 9.15. The highest BCUT2D eigenvalue weighted by molar-refractivity contribution is 6.21. The van der Waals surface area contributed by atoms with E-state index >= 15 is 0 Å². The first-order valence-electron chi connectivity index (χ1n) is 19.6. The largest absolute Gasteiger partial charge is 0.264 e. The van der Waals surface area contributed by atoms with E-state index in [1.807, 2.05) is 48.8 Å². The average molecular weight is 728 g/mol. The van der Waals surface area contributed by atoms with Gasteiger partial charge in [0.1, 0.15) is 0 Å². The Balaban J connectivity index is 1.05. The van der Waals surface area contributed by atoms with E-state index in [2.05, 4.69) is 158 Å². The number of hydrogen-bond acceptors (Lipinski definition) is 3. The number of aromatic nitrogens is 3. The molecule has 1 aliphatic rings. The van der Waals surface area contributed by atoms with Crippen LogP contribution in [-0.2, 0) is 5.41 Å². The van der Waals surface area contributed by atoms with Crippen molar-refractivity contribution in [3.05, 3.63) is 199 Å². The minimum Gasteiger partial charge on any atom is -0.264 e. The maximum atomic E-state index is 5.17. The van der Waals surface area contributed by atoms with Crippen molar-refractivity contribution >= 4 is 32.6 Å². The number of nitrogens with zero attached hydrogens (tertiary/aromatic N) is 3. The van der Waals surface area contributed by atoms with Gasteiger partial charge in [-0.2, -0.15) is 0 Å². The summed E-state index contributed by atoms with van der Waals surface area (Å²) < 4.78 is 0. The second-order valence-electron chi connectivity index (χ2n) is 15.6. The molecule has 11 rings (SSSR count). The maximum absolute atomic E-state index is 5.17. The van der Waals surface area contributed by atoms with Gasteiger partial charge in [0.2, 0.25) is 0 Å². The Hall–Kier alpha value is -7.23. The molecule has 3 heteroatoms. The summed E-state index contributed by atoms with van der Waals surface area (Å²) in [7, 11) is 0. The van der Waals surface area contributed by atoms with Gasteiger partial charge in [0.25, 0.3) is 0 Å². The van der Waals surface area contributed by atoms with Crippen LogP contribution in [0.4, 0.5) is 0 Å². The maximum Gasteiger partial charge on any atom is 0.0973 e. The van der Waals surface area contributed by atoms with Crippen molar-refractivity contribution in [2.75, 3.05) is 0 Å². The smallest absolute Gasteiger partial charge is 0.0973 e. The van der Waals surface area contributed by atoms with Crippen LogP contribution in [0.2, 0.25) is 0 Å². The van der Waals surface area contributed by atoms with E-state index in [1.165, 1.54) is 71.6 Å². The van der Waals surface area contributed by atoms with Crippen LogP contribution in [0, 0.1) is 0 Å². The molecule has 10 aromatic rings. The van der Waals surface area contributed by atoms with E-state index in [-0.39, 0.29) is 5.41 Å². The molecular formula is C54H37N3. The van der Waals surface area contributed by atoms with E-state index in [0.29, 0.717) is 0 Å². The fraction of sp³-hybridized carbons (Fsp3) is 0.0556. The standard InChI is InChI=1S/C54H37N3/c1-54(2)46-31-37(39-15-12-30-55-33-39)26-28-40(46)41-29-27-38(32-47(41)54)51-44-18-8-6-16-42(44)50(43-17-7-9-19-45(43)51)34-22-24-36(25-23-34)53-52(35-13-4-3-5-14-35)56-48-20-10-11-21-49(48)57-53/h3-33H,1-2H3. The molecule has 0 saturated heterocycles. The molecule has 0 atom stereocenters. The van der Waals surface area contributed by atoms with Gasteiger partial charge in [-0.25, -0.2) is 9.97 Å². The summed E-state index contributed by atoms with van der Waals surface area (Å²) in [6, 6.07) is 63.4. The average Bonchev–Trinajstić information content (AvgIpc) is 3.50. The zero-order valence-corrected chi connectivity index (χ0v) is 31.7. The third-order valence-corrected chi connectivity index (χ3v) is 12.0. The molecule has 0 saturated carbocycles. The lowest BCUT2D eigenvalue weighted by Gasteiger charge is -2.23. The first-order chi connectivity index (χ1) is 28.0. The van der Waals surface area contributed by atoms with Crippen molar-refractivity contribution in [1.82, 2.24) is 15.0 Å². The van der Waals surface area contributed by atoms with Crippen molar-refractivity contribution < 1.29 is 0 Å². The minimum atomic E-state index is -0.165. The molecule has 1 aliphatic carbocycles. The normalized spacial score (nSPS) is 12.9. The number of rotatable bonds is 5. The Morgan fingerprint density at radius 3 is 1.37 bits per heavy atom. The first kappa shape index (κ1) is 33.1. The number of hydrogen-bond donors (Lipinski definition) is 0. The molecule has 0 aliphatic heterocycles. The third kappa shape index (κ3) is 5.31. The monoisotopic (exact) mass is 727 g/mol. The zero-order valence-electron chi connectivity index (χ0n) is 31.7. The second-order valence-corrected chi connectivity index (χ2v) is 15.6. The van der Waals surface area contributed by atoms with Crippen molar-refractivity contribution in [3.63, 3.8) is 0 Å². The van der Waals surface area contributed by atoms with Gasteiger partial charge >= 0.3 is 0 Å². The molecular weight excluding hydrogens is 691 g/mol. The molecule has 0 fully saturated rings. The highest BCUT2D eigenvalue weighted by Gasteiger charge is 2.36. The number of benzene rings is 8. The van der Waals surface area contributed by atoms with Crippen molar-refractivity contribution in [2.24, 2.45) is 0 Å². The summed E-state index contributed by atoms with van der Waals surface area (Å²) in [5.74, 6) is 0. The minimum absolute atomic E-state index is 0.165. The summed E-state index contributed by atoms with van der Waals surface area (Å²) >= 11 is 0. The van der Waals surface area contributed by atoms with Gasteiger partial charge < -0.3 is 0 Å². The number of pyridine rings is 1. The Morgan fingerprint density at radius 1 is 0.368 bits per heavy atom. The molecule has 8 aromatic carbocycles. The van der Waals surface area contributed by atoms with E-state index in [0.717, 1.165) is 39.1 Å². The van der Waals surface area contributed by atoms with E-state index in [1.54, 1.807) is 0 Å². The molecule has 0 N–H and O–H groups in total. The van der Waals surface area contributed by atoms with Crippen LogP contribution in [0.3, 0.4) is 0 Å². The van der Waals surface area contributed by atoms with Crippen LogP contribution in [0.25, 0.3) is 99.6 Å². The summed E-state index contributed by atoms with van der Waals surface area (Å²) in [4.78, 5) is 14.7. The fourth-order valence-electron chi connectivity index (χ4n) is 9.15. The first-order valence-corrected chi connectivity index (χ1v) is 19.6. The van der Waals surface area contributed by atoms with Crippen LogP contribution in [-0.4, -0.2) is 15.0 Å². The second kappa shape index (κ2) is 12.9. The number of para-hydroxylation sites is 2.